The van der Waals surface area contributed by atoms with Gasteiger partial charge in [0, 0.05) is 20.5 Å². The monoisotopic (exact) mass is 481 g/mol. The van der Waals surface area contributed by atoms with Gasteiger partial charge in [0.2, 0.25) is 5.89 Å². The molecule has 0 unspecified atom stereocenters. The quantitative estimate of drug-likeness (QED) is 0.233. The molecule has 3 rings (SSSR count). The number of aromatic nitrogens is 2. The number of rotatable bonds is 7. The number of hydrogen-bond donors (Lipinski definition) is 2. The van der Waals surface area contributed by atoms with Gasteiger partial charge >= 0.3 is 0 Å². The van der Waals surface area contributed by atoms with Crippen molar-refractivity contribution >= 4 is 40.7 Å². The molecular weight excluding hydrogens is 457 g/mol. The second-order valence-electron chi connectivity index (χ2n) is 5.79. The molecule has 0 fully saturated rings. The van der Waals surface area contributed by atoms with Crippen LogP contribution in [0.25, 0.3) is 10.8 Å². The molecule has 2 aromatic carbocycles. The van der Waals surface area contributed by atoms with Gasteiger partial charge in [-0.25, -0.2) is 0 Å². The Labute approximate surface area is 175 Å². The Balaban J connectivity index is 0.00000261. The van der Waals surface area contributed by atoms with Crippen molar-refractivity contribution in [3.05, 3.63) is 54.2 Å². The summed E-state index contributed by atoms with van der Waals surface area (Å²) in [5, 5.41) is 12.6. The van der Waals surface area contributed by atoms with Gasteiger partial charge in [-0.1, -0.05) is 35.5 Å². The van der Waals surface area contributed by atoms with Crippen molar-refractivity contribution in [3.8, 4) is 5.75 Å². The van der Waals surface area contributed by atoms with Crippen molar-refractivity contribution in [1.29, 1.82) is 0 Å². The zero-order valence-electron chi connectivity index (χ0n) is 15.4. The number of aryl methyl sites for hydroxylation is 1. The molecule has 27 heavy (non-hydrogen) atoms. The zero-order valence-corrected chi connectivity index (χ0v) is 17.8. The number of hydrogen-bond acceptors (Lipinski definition) is 5. The Morgan fingerprint density at radius 3 is 2.70 bits per heavy atom. The van der Waals surface area contributed by atoms with Gasteiger partial charge in [-0.3, -0.25) is 4.99 Å². The zero-order chi connectivity index (χ0) is 18.2. The van der Waals surface area contributed by atoms with Crippen molar-refractivity contribution in [2.75, 3.05) is 20.2 Å². The predicted octanol–water partition coefficient (Wildman–Crippen LogP) is 3.28. The largest absolute Gasteiger partial charge is 0.494 e. The molecule has 1 aromatic heterocycles. The molecule has 0 aliphatic carbocycles. The van der Waals surface area contributed by atoms with Crippen molar-refractivity contribution in [2.24, 2.45) is 4.99 Å². The van der Waals surface area contributed by atoms with Crippen LogP contribution in [-0.2, 0) is 6.54 Å². The SMILES string of the molecule is CN=C(NCCCOc1ccc2ccccc2c1)NCc1noc(C)n1.I. The van der Waals surface area contributed by atoms with Gasteiger partial charge in [0.25, 0.3) is 0 Å². The predicted molar refractivity (Wildman–Crippen MR) is 117 cm³/mol. The second kappa shape index (κ2) is 10.7. The maximum atomic E-state index is 5.83. The van der Waals surface area contributed by atoms with Crippen LogP contribution in [-0.4, -0.2) is 36.3 Å². The highest BCUT2D eigenvalue weighted by atomic mass is 127. The maximum Gasteiger partial charge on any atom is 0.223 e. The Hall–Kier alpha value is -2.36. The Bertz CT molecular complexity index is 881. The van der Waals surface area contributed by atoms with Gasteiger partial charge in [-0.05, 0) is 29.3 Å². The molecule has 0 bridgehead atoms. The molecule has 144 valence electrons. The summed E-state index contributed by atoms with van der Waals surface area (Å²) in [7, 11) is 1.72. The summed E-state index contributed by atoms with van der Waals surface area (Å²) >= 11 is 0. The van der Waals surface area contributed by atoms with E-state index in [0.29, 0.717) is 30.8 Å². The lowest BCUT2D eigenvalue weighted by Crippen LogP contribution is -2.37. The summed E-state index contributed by atoms with van der Waals surface area (Å²) < 4.78 is 10.8. The number of ether oxygens (including phenoxy) is 1. The summed E-state index contributed by atoms with van der Waals surface area (Å²) in [6, 6.07) is 14.4. The average molecular weight is 481 g/mol. The second-order valence-corrected chi connectivity index (χ2v) is 5.79. The third-order valence-corrected chi connectivity index (χ3v) is 3.81. The minimum atomic E-state index is 0. The van der Waals surface area contributed by atoms with Gasteiger partial charge < -0.3 is 19.9 Å². The molecule has 0 atom stereocenters. The lowest BCUT2D eigenvalue weighted by Gasteiger charge is -2.11. The molecule has 7 nitrogen and oxygen atoms in total. The third-order valence-electron chi connectivity index (χ3n) is 3.81. The number of nitrogens with one attached hydrogen (secondary N) is 2. The fourth-order valence-corrected chi connectivity index (χ4v) is 2.52. The van der Waals surface area contributed by atoms with E-state index in [1.165, 1.54) is 10.8 Å². The molecule has 0 aliphatic heterocycles. The molecule has 0 saturated carbocycles. The van der Waals surface area contributed by atoms with Crippen LogP contribution < -0.4 is 15.4 Å². The summed E-state index contributed by atoms with van der Waals surface area (Å²) in [6.07, 6.45) is 0.856. The number of guanidine groups is 1. The molecule has 0 saturated heterocycles. The maximum absolute atomic E-state index is 5.83. The molecule has 3 aromatic rings. The Morgan fingerprint density at radius 2 is 1.96 bits per heavy atom. The van der Waals surface area contributed by atoms with E-state index < -0.39 is 0 Å². The van der Waals surface area contributed by atoms with Crippen molar-refractivity contribution in [3.63, 3.8) is 0 Å². The van der Waals surface area contributed by atoms with Crippen LogP contribution in [0, 0.1) is 6.92 Å². The van der Waals surface area contributed by atoms with E-state index >= 15 is 0 Å². The highest BCUT2D eigenvalue weighted by Crippen LogP contribution is 2.20. The Kier molecular flexibility index (Phi) is 8.31. The van der Waals surface area contributed by atoms with Gasteiger partial charge in [0.05, 0.1) is 13.2 Å². The first-order chi connectivity index (χ1) is 12.7. The van der Waals surface area contributed by atoms with Crippen LogP contribution in [0.5, 0.6) is 5.75 Å². The van der Waals surface area contributed by atoms with E-state index in [1.54, 1.807) is 14.0 Å². The standard InChI is InChI=1S/C19H23N5O2.HI/c1-14-23-18(24-26-14)13-22-19(20-2)21-10-5-11-25-17-9-8-15-6-3-4-7-16(15)12-17;/h3-4,6-9,12H,5,10-11,13H2,1-2H3,(H2,20,21,22);1H. The molecule has 0 amide bonds. The topological polar surface area (TPSA) is 84.6 Å². The molecule has 0 spiro atoms. The number of halogens is 1. The van der Waals surface area contributed by atoms with Crippen LogP contribution in [0.1, 0.15) is 18.1 Å². The highest BCUT2D eigenvalue weighted by molar-refractivity contribution is 14.0. The van der Waals surface area contributed by atoms with E-state index in [-0.39, 0.29) is 24.0 Å². The lowest BCUT2D eigenvalue weighted by atomic mass is 10.1. The van der Waals surface area contributed by atoms with Crippen LogP contribution in [0.2, 0.25) is 0 Å². The smallest absolute Gasteiger partial charge is 0.223 e. The molecule has 2 N–H and O–H groups in total. The van der Waals surface area contributed by atoms with Crippen LogP contribution in [0.3, 0.4) is 0 Å². The fraction of sp³-hybridized carbons (Fsp3) is 0.316. The summed E-state index contributed by atoms with van der Waals surface area (Å²) in [5.74, 6) is 2.73. The third kappa shape index (κ3) is 6.38. The fourth-order valence-electron chi connectivity index (χ4n) is 2.52. The summed E-state index contributed by atoms with van der Waals surface area (Å²) in [5.41, 5.74) is 0. The molecular formula is C19H24IN5O2. The number of fused-ring (bicyclic) bond motifs is 1. The first-order valence-corrected chi connectivity index (χ1v) is 8.60. The van der Waals surface area contributed by atoms with E-state index in [0.717, 1.165) is 18.7 Å². The van der Waals surface area contributed by atoms with Crippen molar-refractivity contribution < 1.29 is 9.26 Å². The van der Waals surface area contributed by atoms with Gasteiger partial charge in [-0.15, -0.1) is 24.0 Å². The number of nitrogens with zero attached hydrogens (tertiary/aromatic N) is 3. The molecule has 0 radical (unpaired) electrons. The first-order valence-electron chi connectivity index (χ1n) is 8.60. The molecule has 8 heteroatoms. The highest BCUT2D eigenvalue weighted by Gasteiger charge is 2.03. The van der Waals surface area contributed by atoms with E-state index in [2.05, 4.69) is 50.0 Å². The van der Waals surface area contributed by atoms with Gasteiger partial charge in [0.1, 0.15) is 5.75 Å². The first kappa shape index (κ1) is 20.9. The summed E-state index contributed by atoms with van der Waals surface area (Å²) in [4.78, 5) is 8.31. The average Bonchev–Trinajstić information content (AvgIpc) is 3.09. The van der Waals surface area contributed by atoms with Crippen molar-refractivity contribution in [1.82, 2.24) is 20.8 Å². The number of benzene rings is 2. The van der Waals surface area contributed by atoms with E-state index in [1.807, 2.05) is 18.2 Å². The number of aliphatic imine (C=N–C) groups is 1. The van der Waals surface area contributed by atoms with E-state index in [4.69, 9.17) is 9.26 Å². The minimum Gasteiger partial charge on any atom is -0.494 e. The summed E-state index contributed by atoms with van der Waals surface area (Å²) in [6.45, 7) is 3.61. The van der Waals surface area contributed by atoms with Crippen LogP contribution in [0.4, 0.5) is 0 Å². The van der Waals surface area contributed by atoms with Crippen LogP contribution >= 0.6 is 24.0 Å². The minimum absolute atomic E-state index is 0. The van der Waals surface area contributed by atoms with E-state index in [9.17, 15) is 0 Å². The van der Waals surface area contributed by atoms with Gasteiger partial charge in [0.15, 0.2) is 11.8 Å². The lowest BCUT2D eigenvalue weighted by molar-refractivity contribution is 0.311. The van der Waals surface area contributed by atoms with Crippen molar-refractivity contribution in [2.45, 2.75) is 19.9 Å². The molecule has 1 heterocycles. The Morgan fingerprint density at radius 1 is 1.15 bits per heavy atom. The van der Waals surface area contributed by atoms with Crippen LogP contribution in [0.15, 0.2) is 52.0 Å². The molecule has 0 aliphatic rings. The van der Waals surface area contributed by atoms with Gasteiger partial charge in [-0.2, -0.15) is 4.98 Å². The normalized spacial score (nSPS) is 11.1.